The van der Waals surface area contributed by atoms with Crippen LogP contribution in [0.25, 0.3) is 16.6 Å². The molecule has 2 heterocycles. The van der Waals surface area contributed by atoms with E-state index < -0.39 is 74.2 Å². The lowest BCUT2D eigenvalue weighted by Crippen LogP contribution is -2.42. The second-order valence-electron chi connectivity index (χ2n) is 8.06. The largest absolute Gasteiger partial charge is 0.416 e. The minimum Gasteiger partial charge on any atom is -0.324 e. The van der Waals surface area contributed by atoms with Gasteiger partial charge in [-0.3, -0.25) is 9.59 Å². The molecule has 0 unspecified atom stereocenters. The van der Waals surface area contributed by atoms with Crippen LogP contribution in [0.5, 0.6) is 0 Å². The smallest absolute Gasteiger partial charge is 0.324 e. The third-order valence-corrected chi connectivity index (χ3v) is 7.32. The quantitative estimate of drug-likeness (QED) is 0.519. The summed E-state index contributed by atoms with van der Waals surface area (Å²) >= 11 is 0. The number of nitrogens with zero attached hydrogens (tertiary/aromatic N) is 3. The Morgan fingerprint density at radius 1 is 1.20 bits per heavy atom. The molecule has 35 heavy (non-hydrogen) atoms. The summed E-state index contributed by atoms with van der Waals surface area (Å²) in [5, 5.41) is 5.93. The maximum atomic E-state index is 13.1. The van der Waals surface area contributed by atoms with E-state index in [1.165, 1.54) is 6.92 Å². The van der Waals surface area contributed by atoms with Crippen molar-refractivity contribution in [3.05, 3.63) is 52.6 Å². The normalized spacial score (nSPS) is 16.2. The lowest BCUT2D eigenvalue weighted by atomic mass is 9.81. The van der Waals surface area contributed by atoms with Crippen LogP contribution in [0.2, 0.25) is 0 Å². The van der Waals surface area contributed by atoms with Gasteiger partial charge in [0.15, 0.2) is 15.7 Å². The van der Waals surface area contributed by atoms with Gasteiger partial charge in [0.2, 0.25) is 11.8 Å². The highest BCUT2D eigenvalue weighted by Crippen LogP contribution is 2.42. The molecule has 0 radical (unpaired) electrons. The van der Waals surface area contributed by atoms with Gasteiger partial charge in [-0.2, -0.15) is 23.0 Å². The average molecular weight is 516 g/mol. The van der Waals surface area contributed by atoms with Crippen molar-refractivity contribution in [3.63, 3.8) is 0 Å². The maximum Gasteiger partial charge on any atom is 0.416 e. The zero-order valence-corrected chi connectivity index (χ0v) is 18.8. The van der Waals surface area contributed by atoms with E-state index in [4.69, 9.17) is 0 Å². The van der Waals surface area contributed by atoms with E-state index in [1.54, 1.807) is 0 Å². The second-order valence-corrected chi connectivity index (χ2v) is 10.3. The number of nitrogens with one attached hydrogen (secondary N) is 1. The Kier molecular flexibility index (Phi) is 5.90. The van der Waals surface area contributed by atoms with Crippen LogP contribution in [-0.2, 0) is 20.8 Å². The molecule has 1 fully saturated rings. The van der Waals surface area contributed by atoms with Gasteiger partial charge in [0.1, 0.15) is 4.90 Å². The highest BCUT2D eigenvalue weighted by atomic mass is 32.2. The first-order chi connectivity index (χ1) is 16.2. The van der Waals surface area contributed by atoms with Gasteiger partial charge in [0.25, 0.3) is 5.56 Å². The van der Waals surface area contributed by atoms with Crippen LogP contribution in [0.3, 0.4) is 0 Å². The maximum absolute atomic E-state index is 13.1. The Labute approximate surface area is 194 Å². The Bertz CT molecular complexity index is 1490. The first kappa shape index (κ1) is 24.7. The average Bonchev–Trinajstić information content (AvgIpc) is 2.77. The molecule has 0 atom stereocenters. The number of sulfone groups is 1. The predicted molar refractivity (Wildman–Crippen MR) is 114 cm³/mol. The molecule has 0 saturated heterocycles. The van der Waals surface area contributed by atoms with Crippen LogP contribution >= 0.6 is 0 Å². The number of fused-ring (bicyclic) bond motifs is 1. The molecule has 1 aliphatic rings. The number of rotatable bonds is 5. The highest BCUT2D eigenvalue weighted by molar-refractivity contribution is 7.91. The minimum absolute atomic E-state index is 0.0975. The van der Waals surface area contributed by atoms with Gasteiger partial charge < -0.3 is 5.32 Å². The number of carbonyl (C=O) groups is 1. The van der Waals surface area contributed by atoms with Crippen molar-refractivity contribution in [1.29, 1.82) is 0 Å². The number of anilines is 1. The fraction of sp³-hybridized carbons (Fsp3) is 0.333. The summed E-state index contributed by atoms with van der Waals surface area (Å²) in [7, 11) is -4.08. The molecule has 3 aromatic rings. The monoisotopic (exact) mass is 516 g/mol. The number of hydrogen-bond donors (Lipinski definition) is 1. The van der Waals surface area contributed by atoms with E-state index in [1.807, 2.05) is 0 Å². The fourth-order valence-electron chi connectivity index (χ4n) is 3.61. The number of hydrogen-bond acceptors (Lipinski definition) is 6. The Morgan fingerprint density at radius 2 is 1.89 bits per heavy atom. The van der Waals surface area contributed by atoms with Crippen molar-refractivity contribution in [1.82, 2.24) is 14.8 Å². The Morgan fingerprint density at radius 3 is 2.49 bits per heavy atom. The first-order valence-electron chi connectivity index (χ1n) is 10.2. The van der Waals surface area contributed by atoms with Gasteiger partial charge in [-0.15, -0.1) is 0 Å². The third kappa shape index (κ3) is 4.74. The van der Waals surface area contributed by atoms with Gasteiger partial charge in [0, 0.05) is 24.1 Å². The van der Waals surface area contributed by atoms with Gasteiger partial charge in [-0.05, 0) is 18.2 Å². The molecule has 4 rings (SSSR count). The lowest BCUT2D eigenvalue weighted by Gasteiger charge is -2.33. The van der Waals surface area contributed by atoms with E-state index in [2.05, 4.69) is 15.4 Å². The Hall–Kier alpha value is -3.42. The summed E-state index contributed by atoms with van der Waals surface area (Å²) in [4.78, 5) is 28.6. The molecule has 2 aromatic heterocycles. The highest BCUT2D eigenvalue weighted by Gasteiger charge is 2.48. The van der Waals surface area contributed by atoms with E-state index >= 15 is 0 Å². The van der Waals surface area contributed by atoms with Crippen LogP contribution in [0, 0.1) is 5.92 Å². The third-order valence-electron chi connectivity index (χ3n) is 5.59. The van der Waals surface area contributed by atoms with Crippen LogP contribution in [0.1, 0.15) is 25.3 Å². The van der Waals surface area contributed by atoms with E-state index in [9.17, 15) is 40.0 Å². The van der Waals surface area contributed by atoms with Crippen molar-refractivity contribution in [3.8, 4) is 5.82 Å². The van der Waals surface area contributed by atoms with E-state index in [0.29, 0.717) is 10.7 Å². The van der Waals surface area contributed by atoms with Gasteiger partial charge in [-0.1, -0.05) is 13.0 Å². The van der Waals surface area contributed by atoms with Crippen molar-refractivity contribution in [2.75, 3.05) is 11.1 Å². The van der Waals surface area contributed by atoms with Crippen molar-refractivity contribution in [2.24, 2.45) is 5.92 Å². The predicted octanol–water partition coefficient (Wildman–Crippen LogP) is 3.58. The standard InChI is InChI=1S/C21H17F5N4O4S/c1-2-35(33,34)16-6-14(29-18(31)12-7-20(22,23)8-12)10-27-17(16)30-19(32)15-5-13(21(24,25)26)4-3-11(15)9-28-30/h3-6,9-10,12H,2,7-8H2,1H3,(H,29,31). The van der Waals surface area contributed by atoms with Crippen LogP contribution in [0.4, 0.5) is 27.6 Å². The lowest BCUT2D eigenvalue weighted by molar-refractivity contribution is -0.145. The molecule has 1 saturated carbocycles. The zero-order valence-electron chi connectivity index (χ0n) is 17.9. The molecule has 1 aromatic carbocycles. The number of amides is 1. The van der Waals surface area contributed by atoms with Crippen molar-refractivity contribution in [2.45, 2.75) is 36.8 Å². The van der Waals surface area contributed by atoms with Crippen LogP contribution in [0.15, 0.2) is 46.3 Å². The van der Waals surface area contributed by atoms with Gasteiger partial charge >= 0.3 is 6.18 Å². The molecule has 1 N–H and O–H groups in total. The fourth-order valence-corrected chi connectivity index (χ4v) is 4.64. The minimum atomic E-state index is -4.71. The molecule has 1 aliphatic carbocycles. The number of aromatic nitrogens is 3. The molecule has 8 nitrogen and oxygen atoms in total. The summed E-state index contributed by atoms with van der Waals surface area (Å²) < 4.78 is 91.5. The molecule has 0 bridgehead atoms. The number of carbonyl (C=O) groups excluding carboxylic acids is 1. The number of halogens is 5. The van der Waals surface area contributed by atoms with Gasteiger partial charge in [0.05, 0.1) is 34.8 Å². The number of alkyl halides is 5. The molecule has 0 spiro atoms. The summed E-state index contributed by atoms with van der Waals surface area (Å²) in [6, 6.07) is 3.48. The second kappa shape index (κ2) is 8.36. The zero-order chi connectivity index (χ0) is 25.8. The first-order valence-corrected chi connectivity index (χ1v) is 11.9. The molecular formula is C21H17F5N4O4S. The Balaban J connectivity index is 1.80. The van der Waals surface area contributed by atoms with Crippen LogP contribution in [-0.4, -0.2) is 40.8 Å². The van der Waals surface area contributed by atoms with Crippen LogP contribution < -0.4 is 10.9 Å². The van der Waals surface area contributed by atoms with Crippen molar-refractivity contribution >= 4 is 32.2 Å². The van der Waals surface area contributed by atoms with E-state index in [0.717, 1.165) is 30.6 Å². The topological polar surface area (TPSA) is 111 Å². The SMILES string of the molecule is CCS(=O)(=O)c1cc(NC(=O)C2CC(F)(F)C2)cnc1-n1ncc2ccc(C(F)(F)F)cc2c1=O. The molecule has 14 heteroatoms. The molecular weight excluding hydrogens is 499 g/mol. The molecule has 1 amide bonds. The molecule has 186 valence electrons. The molecule has 0 aliphatic heterocycles. The van der Waals surface area contributed by atoms with E-state index in [-0.39, 0.29) is 16.5 Å². The van der Waals surface area contributed by atoms with Gasteiger partial charge in [-0.25, -0.2) is 22.2 Å². The number of pyridine rings is 1. The summed E-state index contributed by atoms with van der Waals surface area (Å²) in [5.74, 6) is -5.55. The number of benzene rings is 1. The summed E-state index contributed by atoms with van der Waals surface area (Å²) in [5.41, 5.74) is -2.23. The summed E-state index contributed by atoms with van der Waals surface area (Å²) in [6.07, 6.45) is -3.90. The van der Waals surface area contributed by atoms with Crippen molar-refractivity contribution < 1.29 is 35.2 Å². The summed E-state index contributed by atoms with van der Waals surface area (Å²) in [6.45, 7) is 1.31.